The van der Waals surface area contributed by atoms with Crippen molar-refractivity contribution >= 4 is 17.0 Å². The lowest BCUT2D eigenvalue weighted by molar-refractivity contribution is -0.104. The van der Waals surface area contributed by atoms with Gasteiger partial charge in [0.25, 0.3) is 5.56 Å². The monoisotopic (exact) mass is 449 g/mol. The standard InChI is InChI=1S/C23H35N3O6/c1-7-20(31-15-30-6)19(25(5)22(29)32-23(2,3)4)12-16(27)13-26-14-24-18-11-9-8-10-17(18)21(26)28/h8-11,14,16,19-20,27H,7,12-13,15H2,1-6H3/t16?,19-,20+/m1/s1. The number of aliphatic hydroxyl groups is 1. The maximum atomic E-state index is 12.8. The lowest BCUT2D eigenvalue weighted by atomic mass is 10.00. The topological polar surface area (TPSA) is 103 Å². The number of carbonyl (C=O) groups excluding carboxylic acids is 1. The minimum Gasteiger partial charge on any atom is -0.444 e. The fraction of sp³-hybridized carbons (Fsp3) is 0.609. The summed E-state index contributed by atoms with van der Waals surface area (Å²) in [6, 6.07) is 6.57. The van der Waals surface area contributed by atoms with Crippen molar-refractivity contribution in [2.45, 2.75) is 70.9 Å². The summed E-state index contributed by atoms with van der Waals surface area (Å²) in [6.45, 7) is 7.40. The number of likely N-dealkylation sites (N-methyl/N-ethyl adjacent to an activating group) is 1. The molecule has 0 spiro atoms. The van der Waals surface area contributed by atoms with Crippen LogP contribution in [-0.4, -0.2) is 70.5 Å². The van der Waals surface area contributed by atoms with Crippen LogP contribution in [0.4, 0.5) is 4.79 Å². The van der Waals surface area contributed by atoms with Gasteiger partial charge in [-0.1, -0.05) is 19.1 Å². The number of aromatic nitrogens is 2. The molecule has 0 radical (unpaired) electrons. The Hall–Kier alpha value is -2.49. The summed E-state index contributed by atoms with van der Waals surface area (Å²) in [7, 11) is 3.14. The highest BCUT2D eigenvalue weighted by Gasteiger charge is 2.33. The summed E-state index contributed by atoms with van der Waals surface area (Å²) in [4.78, 5) is 31.2. The first-order valence-electron chi connectivity index (χ1n) is 10.8. The Morgan fingerprint density at radius 3 is 2.59 bits per heavy atom. The third-order valence-corrected chi connectivity index (χ3v) is 5.06. The Kier molecular flexibility index (Phi) is 9.18. The van der Waals surface area contributed by atoms with Crippen LogP contribution in [0.1, 0.15) is 40.5 Å². The minimum absolute atomic E-state index is 0.0377. The van der Waals surface area contributed by atoms with Crippen molar-refractivity contribution in [2.24, 2.45) is 0 Å². The van der Waals surface area contributed by atoms with Crippen LogP contribution in [0, 0.1) is 0 Å². The zero-order valence-electron chi connectivity index (χ0n) is 19.8. The first kappa shape index (κ1) is 25.8. The van der Waals surface area contributed by atoms with E-state index < -0.39 is 29.9 Å². The molecule has 0 fully saturated rings. The van der Waals surface area contributed by atoms with E-state index in [2.05, 4.69) is 4.98 Å². The molecule has 3 atom stereocenters. The van der Waals surface area contributed by atoms with Crippen molar-refractivity contribution in [3.05, 3.63) is 40.9 Å². The fourth-order valence-electron chi connectivity index (χ4n) is 3.50. The highest BCUT2D eigenvalue weighted by Crippen LogP contribution is 2.20. The number of hydrogen-bond donors (Lipinski definition) is 1. The van der Waals surface area contributed by atoms with Crippen LogP contribution in [0.3, 0.4) is 0 Å². The van der Waals surface area contributed by atoms with Gasteiger partial charge in [0.05, 0.1) is 42.0 Å². The lowest BCUT2D eigenvalue weighted by Gasteiger charge is -2.36. The normalized spacial score (nSPS) is 14.7. The van der Waals surface area contributed by atoms with Crippen LogP contribution < -0.4 is 5.56 Å². The summed E-state index contributed by atoms with van der Waals surface area (Å²) in [6.07, 6.45) is 0.361. The molecule has 0 bridgehead atoms. The molecular weight excluding hydrogens is 414 g/mol. The van der Waals surface area contributed by atoms with Crippen molar-refractivity contribution in [2.75, 3.05) is 21.0 Å². The van der Waals surface area contributed by atoms with Gasteiger partial charge >= 0.3 is 6.09 Å². The average molecular weight is 450 g/mol. The van der Waals surface area contributed by atoms with Gasteiger partial charge in [-0.3, -0.25) is 9.36 Å². The number of hydrogen-bond acceptors (Lipinski definition) is 7. The van der Waals surface area contributed by atoms with Gasteiger partial charge in [-0.25, -0.2) is 9.78 Å². The second kappa shape index (κ2) is 11.4. The van der Waals surface area contributed by atoms with Crippen molar-refractivity contribution in [1.82, 2.24) is 14.5 Å². The van der Waals surface area contributed by atoms with Gasteiger partial charge in [0.1, 0.15) is 12.4 Å². The molecule has 1 N–H and O–H groups in total. The van der Waals surface area contributed by atoms with Crippen LogP contribution in [0.25, 0.3) is 10.9 Å². The molecule has 178 valence electrons. The van der Waals surface area contributed by atoms with E-state index in [0.29, 0.717) is 17.3 Å². The third kappa shape index (κ3) is 7.01. The van der Waals surface area contributed by atoms with Gasteiger partial charge < -0.3 is 24.2 Å². The third-order valence-electron chi connectivity index (χ3n) is 5.06. The number of benzene rings is 1. The van der Waals surface area contributed by atoms with Crippen LogP contribution in [-0.2, 0) is 20.8 Å². The molecule has 1 heterocycles. The quantitative estimate of drug-likeness (QED) is 0.556. The zero-order valence-corrected chi connectivity index (χ0v) is 19.8. The molecule has 0 aliphatic heterocycles. The number of fused-ring (bicyclic) bond motifs is 1. The maximum Gasteiger partial charge on any atom is 0.410 e. The van der Waals surface area contributed by atoms with Crippen molar-refractivity contribution in [3.8, 4) is 0 Å². The number of ether oxygens (including phenoxy) is 3. The van der Waals surface area contributed by atoms with Crippen LogP contribution in [0.2, 0.25) is 0 Å². The predicted octanol–water partition coefficient (Wildman–Crippen LogP) is 2.78. The minimum atomic E-state index is -0.925. The first-order valence-corrected chi connectivity index (χ1v) is 10.8. The van der Waals surface area contributed by atoms with E-state index in [1.54, 1.807) is 46.0 Å². The zero-order chi connectivity index (χ0) is 23.9. The molecule has 0 saturated carbocycles. The molecular formula is C23H35N3O6. The van der Waals surface area contributed by atoms with Gasteiger partial charge in [-0.2, -0.15) is 0 Å². The van der Waals surface area contributed by atoms with Gasteiger partial charge in [0, 0.05) is 14.2 Å². The number of carbonyl (C=O) groups is 1. The number of rotatable bonds is 10. The molecule has 0 saturated heterocycles. The number of nitrogens with zero attached hydrogens (tertiary/aromatic N) is 3. The van der Waals surface area contributed by atoms with E-state index in [1.165, 1.54) is 22.9 Å². The van der Waals surface area contributed by atoms with E-state index in [-0.39, 0.29) is 25.3 Å². The highest BCUT2D eigenvalue weighted by molar-refractivity contribution is 5.76. The van der Waals surface area contributed by atoms with E-state index in [9.17, 15) is 14.7 Å². The van der Waals surface area contributed by atoms with E-state index >= 15 is 0 Å². The molecule has 2 aromatic rings. The molecule has 1 aromatic carbocycles. The second-order valence-electron chi connectivity index (χ2n) is 8.79. The number of para-hydroxylation sites is 1. The van der Waals surface area contributed by atoms with Gasteiger partial charge in [-0.05, 0) is 45.7 Å². The van der Waals surface area contributed by atoms with Crippen molar-refractivity contribution in [1.29, 1.82) is 0 Å². The molecule has 9 nitrogen and oxygen atoms in total. The molecule has 9 heteroatoms. The van der Waals surface area contributed by atoms with Crippen molar-refractivity contribution < 1.29 is 24.1 Å². The van der Waals surface area contributed by atoms with Crippen LogP contribution >= 0.6 is 0 Å². The Bertz CT molecular complexity index is 939. The Labute approximate surface area is 188 Å². The summed E-state index contributed by atoms with van der Waals surface area (Å²) in [5.41, 5.74) is -0.285. The van der Waals surface area contributed by atoms with Gasteiger partial charge in [0.15, 0.2) is 0 Å². The van der Waals surface area contributed by atoms with Gasteiger partial charge in [-0.15, -0.1) is 0 Å². The average Bonchev–Trinajstić information content (AvgIpc) is 2.73. The largest absolute Gasteiger partial charge is 0.444 e. The fourth-order valence-corrected chi connectivity index (χ4v) is 3.50. The lowest BCUT2D eigenvalue weighted by Crippen LogP contribution is -2.49. The highest BCUT2D eigenvalue weighted by atomic mass is 16.7. The summed E-state index contributed by atoms with van der Waals surface area (Å²) in [5.74, 6) is 0. The van der Waals surface area contributed by atoms with Crippen LogP contribution in [0.5, 0.6) is 0 Å². The van der Waals surface area contributed by atoms with E-state index in [1.807, 2.05) is 13.0 Å². The summed E-state index contributed by atoms with van der Waals surface area (Å²) in [5, 5.41) is 11.3. The van der Waals surface area contributed by atoms with Gasteiger partial charge in [0.2, 0.25) is 0 Å². The Morgan fingerprint density at radius 1 is 1.28 bits per heavy atom. The smallest absolute Gasteiger partial charge is 0.410 e. The number of aliphatic hydroxyl groups excluding tert-OH is 1. The summed E-state index contributed by atoms with van der Waals surface area (Å²) < 4.78 is 17.7. The van der Waals surface area contributed by atoms with E-state index in [4.69, 9.17) is 14.2 Å². The molecule has 1 unspecified atom stereocenters. The molecule has 0 aliphatic carbocycles. The molecule has 1 amide bonds. The van der Waals surface area contributed by atoms with Crippen molar-refractivity contribution in [3.63, 3.8) is 0 Å². The Balaban J connectivity index is 2.22. The molecule has 2 rings (SSSR count). The molecule has 32 heavy (non-hydrogen) atoms. The second-order valence-corrected chi connectivity index (χ2v) is 8.79. The number of amides is 1. The number of methoxy groups -OCH3 is 1. The molecule has 0 aliphatic rings. The Morgan fingerprint density at radius 2 is 1.97 bits per heavy atom. The maximum absolute atomic E-state index is 12.8. The predicted molar refractivity (Wildman–Crippen MR) is 121 cm³/mol. The first-order chi connectivity index (χ1) is 15.1. The van der Waals surface area contributed by atoms with E-state index in [0.717, 1.165) is 0 Å². The molecule has 1 aromatic heterocycles. The van der Waals surface area contributed by atoms with Crippen LogP contribution in [0.15, 0.2) is 35.4 Å². The summed E-state index contributed by atoms with van der Waals surface area (Å²) >= 11 is 0. The SMILES string of the molecule is CC[C@H](OCOC)[C@@H](CC(O)Cn1cnc2ccccc2c1=O)N(C)C(=O)OC(C)(C)C.